The van der Waals surface area contributed by atoms with Crippen LogP contribution in [-0.4, -0.2) is 19.1 Å². The molecular formula is C25H31NO3PS+. The van der Waals surface area contributed by atoms with Crippen LogP contribution in [0.5, 0.6) is 0 Å². The molecule has 0 aliphatic rings. The third kappa shape index (κ3) is 6.96. The van der Waals surface area contributed by atoms with Gasteiger partial charge < -0.3 is 0 Å². The second kappa shape index (κ2) is 11.5. The monoisotopic (exact) mass is 456 g/mol. The maximum absolute atomic E-state index is 12.2. The maximum Gasteiger partial charge on any atom is 0.271 e. The Morgan fingerprint density at radius 2 is 1.42 bits per heavy atom. The number of aromatic nitrogens is 1. The van der Waals surface area contributed by atoms with Crippen LogP contribution in [0, 0.1) is 0 Å². The quantitative estimate of drug-likeness (QED) is 0.260. The Morgan fingerprint density at radius 1 is 0.871 bits per heavy atom. The largest absolute Gasteiger partial charge is 0.285 e. The van der Waals surface area contributed by atoms with Gasteiger partial charge in [0.25, 0.3) is 10.1 Å². The molecule has 1 unspecified atom stereocenters. The van der Waals surface area contributed by atoms with Crippen molar-refractivity contribution in [2.75, 3.05) is 6.16 Å². The van der Waals surface area contributed by atoms with Crippen LogP contribution in [0.4, 0.5) is 0 Å². The highest BCUT2D eigenvalue weighted by molar-refractivity contribution is 7.86. The van der Waals surface area contributed by atoms with E-state index in [0.717, 1.165) is 25.5 Å². The van der Waals surface area contributed by atoms with Crippen LogP contribution in [0.2, 0.25) is 0 Å². The van der Waals surface area contributed by atoms with Crippen LogP contribution in [0.3, 0.4) is 0 Å². The average Bonchev–Trinajstić information content (AvgIpc) is 2.79. The molecule has 6 heteroatoms. The SMILES string of the molecule is CCCC[n+]1ccc(C(CCCP(c2ccccc2)c2ccccc2)S(=O)(=O)O)cc1. The van der Waals surface area contributed by atoms with Crippen molar-refractivity contribution in [1.82, 2.24) is 0 Å². The molecule has 164 valence electrons. The number of aryl methyl sites for hydroxylation is 1. The van der Waals surface area contributed by atoms with Crippen molar-refractivity contribution in [3.8, 4) is 0 Å². The fourth-order valence-corrected chi connectivity index (χ4v) is 7.06. The minimum absolute atomic E-state index is 0.399. The van der Waals surface area contributed by atoms with E-state index in [1.54, 1.807) is 0 Å². The molecule has 0 amide bonds. The Bertz CT molecular complexity index is 986. The van der Waals surface area contributed by atoms with E-state index in [9.17, 15) is 13.0 Å². The first kappa shape index (κ1) is 23.6. The van der Waals surface area contributed by atoms with Gasteiger partial charge >= 0.3 is 0 Å². The summed E-state index contributed by atoms with van der Waals surface area (Å²) in [4.78, 5) is 0. The molecule has 0 aliphatic heterocycles. The van der Waals surface area contributed by atoms with E-state index in [1.807, 2.05) is 60.9 Å². The molecule has 0 spiro atoms. The van der Waals surface area contributed by atoms with Crippen LogP contribution in [0.1, 0.15) is 43.4 Å². The summed E-state index contributed by atoms with van der Waals surface area (Å²) in [5.74, 6) is 0. The molecule has 1 N–H and O–H groups in total. The molecule has 1 atom stereocenters. The molecule has 0 saturated carbocycles. The van der Waals surface area contributed by atoms with E-state index in [1.165, 1.54) is 10.6 Å². The molecule has 2 aromatic carbocycles. The smallest absolute Gasteiger partial charge is 0.271 e. The van der Waals surface area contributed by atoms with Crippen LogP contribution < -0.4 is 15.2 Å². The van der Waals surface area contributed by atoms with Gasteiger partial charge in [-0.2, -0.15) is 8.42 Å². The third-order valence-electron chi connectivity index (χ3n) is 5.40. The molecule has 3 rings (SSSR count). The number of nitrogens with zero attached hydrogens (tertiary/aromatic N) is 1. The van der Waals surface area contributed by atoms with Crippen molar-refractivity contribution in [3.63, 3.8) is 0 Å². The van der Waals surface area contributed by atoms with Crippen LogP contribution >= 0.6 is 7.92 Å². The van der Waals surface area contributed by atoms with Gasteiger partial charge in [0.2, 0.25) is 0 Å². The Hall–Kier alpha value is -2.07. The van der Waals surface area contributed by atoms with E-state index in [4.69, 9.17) is 0 Å². The average molecular weight is 457 g/mol. The van der Waals surface area contributed by atoms with Crippen LogP contribution in [0.25, 0.3) is 0 Å². The summed E-state index contributed by atoms with van der Waals surface area (Å²) in [7, 11) is -4.76. The highest BCUT2D eigenvalue weighted by Crippen LogP contribution is 2.36. The standard InChI is InChI=1S/C25H30NO3PS/c1-2-3-18-26-19-16-22(17-20-26)25(31(27,28)29)15-10-21-30(23-11-6-4-7-12-23)24-13-8-5-9-14-24/h4-9,11-14,16-17,19-20,25H,2-3,10,15,18,21H2,1H3/p+1. The zero-order valence-electron chi connectivity index (χ0n) is 18.0. The summed E-state index contributed by atoms with van der Waals surface area (Å²) in [5.41, 5.74) is 0.652. The number of benzene rings is 2. The lowest BCUT2D eigenvalue weighted by atomic mass is 10.1. The van der Waals surface area contributed by atoms with Gasteiger partial charge in [-0.25, -0.2) is 4.57 Å². The lowest BCUT2D eigenvalue weighted by Crippen LogP contribution is -2.32. The van der Waals surface area contributed by atoms with Gasteiger partial charge in [0.05, 0.1) is 0 Å². The fourth-order valence-electron chi connectivity index (χ4n) is 3.72. The van der Waals surface area contributed by atoms with Crippen molar-refractivity contribution in [2.45, 2.75) is 44.4 Å². The number of hydrogen-bond acceptors (Lipinski definition) is 2. The third-order valence-corrected chi connectivity index (χ3v) is 9.24. The molecule has 0 fully saturated rings. The highest BCUT2D eigenvalue weighted by Gasteiger charge is 2.26. The van der Waals surface area contributed by atoms with E-state index in [-0.39, 0.29) is 0 Å². The molecule has 0 aliphatic carbocycles. The molecule has 3 aromatic rings. The highest BCUT2D eigenvalue weighted by atomic mass is 32.2. The molecule has 1 heterocycles. The van der Waals surface area contributed by atoms with Crippen molar-refractivity contribution >= 4 is 28.6 Å². The summed E-state index contributed by atoms with van der Waals surface area (Å²) < 4.78 is 36.3. The predicted molar refractivity (Wildman–Crippen MR) is 129 cm³/mol. The lowest BCUT2D eigenvalue weighted by Gasteiger charge is -2.20. The zero-order valence-corrected chi connectivity index (χ0v) is 19.7. The fraction of sp³-hybridized carbons (Fsp3) is 0.320. The van der Waals surface area contributed by atoms with E-state index in [0.29, 0.717) is 18.4 Å². The van der Waals surface area contributed by atoms with Gasteiger partial charge in [-0.05, 0) is 43.1 Å². The van der Waals surface area contributed by atoms with Gasteiger partial charge in [-0.15, -0.1) is 0 Å². The second-order valence-corrected chi connectivity index (χ2v) is 11.6. The minimum Gasteiger partial charge on any atom is -0.285 e. The molecular weight excluding hydrogens is 425 g/mol. The van der Waals surface area contributed by atoms with Gasteiger partial charge in [0, 0.05) is 18.6 Å². The van der Waals surface area contributed by atoms with Crippen molar-refractivity contribution < 1.29 is 17.5 Å². The zero-order chi connectivity index (χ0) is 22.1. The molecule has 0 bridgehead atoms. The van der Waals surface area contributed by atoms with Crippen LogP contribution in [-0.2, 0) is 16.7 Å². The first-order valence-corrected chi connectivity index (χ1v) is 13.8. The predicted octanol–water partition coefficient (Wildman–Crippen LogP) is 4.62. The topological polar surface area (TPSA) is 58.2 Å². The second-order valence-electron chi connectivity index (χ2n) is 7.69. The first-order chi connectivity index (χ1) is 15.0. The summed E-state index contributed by atoms with van der Waals surface area (Å²) >= 11 is 0. The number of hydrogen-bond donors (Lipinski definition) is 1. The summed E-state index contributed by atoms with van der Waals surface area (Å²) in [6.45, 7) is 3.05. The lowest BCUT2D eigenvalue weighted by molar-refractivity contribution is -0.697. The number of unbranched alkanes of at least 4 members (excludes halogenated alkanes) is 1. The van der Waals surface area contributed by atoms with E-state index < -0.39 is 23.3 Å². The number of pyridine rings is 1. The van der Waals surface area contributed by atoms with Crippen LogP contribution in [0.15, 0.2) is 85.2 Å². The van der Waals surface area contributed by atoms with Crippen molar-refractivity contribution in [3.05, 3.63) is 90.8 Å². The summed E-state index contributed by atoms with van der Waals surface area (Å²) in [5, 5.41) is 1.67. The Balaban J connectivity index is 1.73. The van der Waals surface area contributed by atoms with E-state index in [2.05, 4.69) is 35.8 Å². The number of rotatable bonds is 11. The van der Waals surface area contributed by atoms with Gasteiger partial charge in [-0.1, -0.05) is 74.0 Å². The molecule has 1 aromatic heterocycles. The normalized spacial score (nSPS) is 12.7. The maximum atomic E-state index is 12.2. The van der Waals surface area contributed by atoms with Crippen molar-refractivity contribution in [2.24, 2.45) is 0 Å². The molecule has 31 heavy (non-hydrogen) atoms. The Morgan fingerprint density at radius 3 is 1.90 bits per heavy atom. The van der Waals surface area contributed by atoms with Gasteiger partial charge in [0.1, 0.15) is 11.8 Å². The Kier molecular flexibility index (Phi) is 8.77. The summed E-state index contributed by atoms with van der Waals surface area (Å²) in [6.07, 6.45) is 7.98. The first-order valence-electron chi connectivity index (χ1n) is 10.8. The molecule has 0 saturated heterocycles. The van der Waals surface area contributed by atoms with Gasteiger partial charge in [0.15, 0.2) is 12.4 Å². The van der Waals surface area contributed by atoms with Gasteiger partial charge in [-0.3, -0.25) is 4.55 Å². The molecule has 4 nitrogen and oxygen atoms in total. The summed E-state index contributed by atoms with van der Waals surface area (Å²) in [6, 6.07) is 24.4. The van der Waals surface area contributed by atoms with E-state index >= 15 is 0 Å². The molecule has 0 radical (unpaired) electrons. The van der Waals surface area contributed by atoms with Crippen molar-refractivity contribution in [1.29, 1.82) is 0 Å². The Labute approximate surface area is 187 Å². The minimum atomic E-state index is -4.18.